The van der Waals surface area contributed by atoms with Crippen LogP contribution >= 0.6 is 0 Å². The van der Waals surface area contributed by atoms with Crippen molar-refractivity contribution in [1.82, 2.24) is 9.97 Å². The molecule has 4 heteroatoms. The number of rotatable bonds is 8. The van der Waals surface area contributed by atoms with Crippen molar-refractivity contribution in [3.8, 4) is 0 Å². The first kappa shape index (κ1) is 16.7. The van der Waals surface area contributed by atoms with Gasteiger partial charge in [0.15, 0.2) is 0 Å². The molecule has 1 heterocycles. The highest BCUT2D eigenvalue weighted by atomic mass is 15.2. The van der Waals surface area contributed by atoms with Crippen LogP contribution in [0.25, 0.3) is 0 Å². The van der Waals surface area contributed by atoms with Crippen molar-refractivity contribution in [3.05, 3.63) is 11.9 Å². The second kappa shape index (κ2) is 8.08. The van der Waals surface area contributed by atoms with Crippen molar-refractivity contribution in [2.24, 2.45) is 0 Å². The summed E-state index contributed by atoms with van der Waals surface area (Å²) in [5, 5.41) is 3.38. The number of nitrogens with zero attached hydrogens (tertiary/aromatic N) is 3. The van der Waals surface area contributed by atoms with E-state index in [1.165, 1.54) is 0 Å². The van der Waals surface area contributed by atoms with E-state index < -0.39 is 0 Å². The van der Waals surface area contributed by atoms with Crippen molar-refractivity contribution in [2.45, 2.75) is 65.8 Å². The van der Waals surface area contributed by atoms with Crippen LogP contribution in [0.5, 0.6) is 0 Å². The molecule has 0 bridgehead atoms. The Morgan fingerprint density at radius 2 is 1.80 bits per heavy atom. The second-order valence-electron chi connectivity index (χ2n) is 5.63. The smallest absolute Gasteiger partial charge is 0.135 e. The van der Waals surface area contributed by atoms with Gasteiger partial charge in [0.1, 0.15) is 17.5 Å². The molecule has 0 radical (unpaired) electrons. The van der Waals surface area contributed by atoms with Gasteiger partial charge in [0.2, 0.25) is 0 Å². The van der Waals surface area contributed by atoms with Gasteiger partial charge >= 0.3 is 0 Å². The van der Waals surface area contributed by atoms with Crippen LogP contribution in [0.1, 0.15) is 65.6 Å². The molecule has 0 aromatic carbocycles. The lowest BCUT2D eigenvalue weighted by atomic mass is 10.1. The minimum absolute atomic E-state index is 0.340. The Morgan fingerprint density at radius 1 is 1.15 bits per heavy atom. The SMILES string of the molecule is CCCNc1cc(N(C)C(CC)CC)nc(C(C)C)n1. The van der Waals surface area contributed by atoms with Crippen LogP contribution in [0.2, 0.25) is 0 Å². The minimum atomic E-state index is 0.340. The Kier molecular flexibility index (Phi) is 6.76. The maximum atomic E-state index is 4.73. The fourth-order valence-electron chi connectivity index (χ4n) is 2.26. The number of nitrogens with one attached hydrogen (secondary N) is 1. The molecule has 1 aromatic rings. The number of hydrogen-bond acceptors (Lipinski definition) is 4. The molecule has 0 fully saturated rings. The van der Waals surface area contributed by atoms with Crippen molar-refractivity contribution in [1.29, 1.82) is 0 Å². The van der Waals surface area contributed by atoms with Gasteiger partial charge in [-0.25, -0.2) is 9.97 Å². The van der Waals surface area contributed by atoms with Gasteiger partial charge in [-0.15, -0.1) is 0 Å². The first-order valence-electron chi connectivity index (χ1n) is 7.89. The first-order valence-corrected chi connectivity index (χ1v) is 7.89. The summed E-state index contributed by atoms with van der Waals surface area (Å²) in [6.45, 7) is 11.8. The van der Waals surface area contributed by atoms with Gasteiger partial charge in [-0.1, -0.05) is 34.6 Å². The van der Waals surface area contributed by atoms with E-state index in [1.54, 1.807) is 0 Å². The average Bonchev–Trinajstić information content (AvgIpc) is 2.45. The Hall–Kier alpha value is -1.32. The maximum Gasteiger partial charge on any atom is 0.135 e. The number of aromatic nitrogens is 2. The molecule has 20 heavy (non-hydrogen) atoms. The fourth-order valence-corrected chi connectivity index (χ4v) is 2.26. The van der Waals surface area contributed by atoms with Gasteiger partial charge in [0, 0.05) is 31.6 Å². The van der Waals surface area contributed by atoms with E-state index in [-0.39, 0.29) is 0 Å². The topological polar surface area (TPSA) is 41.0 Å². The summed E-state index contributed by atoms with van der Waals surface area (Å²) in [5.74, 6) is 3.22. The highest BCUT2D eigenvalue weighted by Gasteiger charge is 2.15. The van der Waals surface area contributed by atoms with E-state index in [0.717, 1.165) is 43.3 Å². The molecule has 0 unspecified atom stereocenters. The number of hydrogen-bond donors (Lipinski definition) is 1. The summed E-state index contributed by atoms with van der Waals surface area (Å²) < 4.78 is 0. The van der Waals surface area contributed by atoms with Crippen LogP contribution in [0.4, 0.5) is 11.6 Å². The Bertz CT molecular complexity index is 399. The molecule has 0 amide bonds. The third kappa shape index (κ3) is 4.36. The molecule has 0 aliphatic carbocycles. The standard InChI is InChI=1S/C16H30N4/c1-7-10-17-14-11-15(19-16(18-14)12(4)5)20(6)13(8-2)9-3/h11-13H,7-10H2,1-6H3,(H,17,18,19). The first-order chi connectivity index (χ1) is 9.53. The maximum absolute atomic E-state index is 4.73. The summed E-state index contributed by atoms with van der Waals surface area (Å²) in [4.78, 5) is 11.6. The molecule has 0 aliphatic heterocycles. The minimum Gasteiger partial charge on any atom is -0.370 e. The predicted molar refractivity (Wildman–Crippen MR) is 87.7 cm³/mol. The molecule has 1 N–H and O–H groups in total. The fraction of sp³-hybridized carbons (Fsp3) is 0.750. The van der Waals surface area contributed by atoms with Gasteiger partial charge < -0.3 is 10.2 Å². The highest BCUT2D eigenvalue weighted by Crippen LogP contribution is 2.22. The zero-order valence-electron chi connectivity index (χ0n) is 13.9. The summed E-state index contributed by atoms with van der Waals surface area (Å²) in [6.07, 6.45) is 3.36. The van der Waals surface area contributed by atoms with E-state index in [1.807, 2.05) is 0 Å². The van der Waals surface area contributed by atoms with Gasteiger partial charge in [0.05, 0.1) is 0 Å². The number of anilines is 2. The summed E-state index contributed by atoms with van der Waals surface area (Å²) in [5.41, 5.74) is 0. The monoisotopic (exact) mass is 278 g/mol. The van der Waals surface area contributed by atoms with Crippen LogP contribution in [-0.2, 0) is 0 Å². The molecule has 4 nitrogen and oxygen atoms in total. The predicted octanol–water partition coefficient (Wildman–Crippen LogP) is 4.05. The van der Waals surface area contributed by atoms with Crippen molar-refractivity contribution in [2.75, 3.05) is 23.8 Å². The Morgan fingerprint density at radius 3 is 2.30 bits per heavy atom. The second-order valence-corrected chi connectivity index (χ2v) is 5.63. The van der Waals surface area contributed by atoms with E-state index in [2.05, 4.69) is 62.9 Å². The van der Waals surface area contributed by atoms with Crippen LogP contribution in [0.3, 0.4) is 0 Å². The van der Waals surface area contributed by atoms with E-state index >= 15 is 0 Å². The molecule has 0 spiro atoms. The van der Waals surface area contributed by atoms with E-state index in [9.17, 15) is 0 Å². The lowest BCUT2D eigenvalue weighted by Gasteiger charge is -2.28. The third-order valence-corrected chi connectivity index (χ3v) is 3.65. The van der Waals surface area contributed by atoms with E-state index in [0.29, 0.717) is 12.0 Å². The average molecular weight is 278 g/mol. The zero-order chi connectivity index (χ0) is 15.1. The van der Waals surface area contributed by atoms with Crippen molar-refractivity contribution >= 4 is 11.6 Å². The molecule has 114 valence electrons. The quantitative estimate of drug-likeness (QED) is 0.779. The van der Waals surface area contributed by atoms with Crippen molar-refractivity contribution < 1.29 is 0 Å². The molecule has 1 rings (SSSR count). The normalized spacial score (nSPS) is 11.2. The van der Waals surface area contributed by atoms with Crippen molar-refractivity contribution in [3.63, 3.8) is 0 Å². The van der Waals surface area contributed by atoms with Gasteiger partial charge in [-0.3, -0.25) is 0 Å². The molecule has 0 aliphatic rings. The Balaban J connectivity index is 3.07. The Labute approximate surface area is 124 Å². The molecular formula is C16H30N4. The van der Waals surface area contributed by atoms with Crippen LogP contribution in [0.15, 0.2) is 6.07 Å². The molecule has 0 saturated heterocycles. The van der Waals surface area contributed by atoms with Crippen LogP contribution in [0, 0.1) is 0 Å². The van der Waals surface area contributed by atoms with Crippen LogP contribution in [-0.4, -0.2) is 29.6 Å². The summed E-state index contributed by atoms with van der Waals surface area (Å²) in [6, 6.07) is 2.60. The van der Waals surface area contributed by atoms with Gasteiger partial charge in [-0.05, 0) is 19.3 Å². The van der Waals surface area contributed by atoms with Gasteiger partial charge in [0.25, 0.3) is 0 Å². The van der Waals surface area contributed by atoms with E-state index in [4.69, 9.17) is 4.98 Å². The highest BCUT2D eigenvalue weighted by molar-refractivity contribution is 5.50. The molecule has 0 saturated carbocycles. The lowest BCUT2D eigenvalue weighted by molar-refractivity contribution is 0.584. The molecule has 0 atom stereocenters. The zero-order valence-corrected chi connectivity index (χ0v) is 13.9. The summed E-state index contributed by atoms with van der Waals surface area (Å²) >= 11 is 0. The lowest BCUT2D eigenvalue weighted by Crippen LogP contribution is -2.31. The van der Waals surface area contributed by atoms with Gasteiger partial charge in [-0.2, -0.15) is 0 Å². The molecular weight excluding hydrogens is 248 g/mol. The molecule has 1 aromatic heterocycles. The van der Waals surface area contributed by atoms with Crippen LogP contribution < -0.4 is 10.2 Å². The summed E-state index contributed by atoms with van der Waals surface area (Å²) in [7, 11) is 2.13. The largest absolute Gasteiger partial charge is 0.370 e. The third-order valence-electron chi connectivity index (χ3n) is 3.65.